The molecule has 0 spiro atoms. The summed E-state index contributed by atoms with van der Waals surface area (Å²) in [4.78, 5) is 6.73. The number of rotatable bonds is 2. The van der Waals surface area contributed by atoms with Crippen molar-refractivity contribution < 1.29 is 4.42 Å². The van der Waals surface area contributed by atoms with Crippen molar-refractivity contribution in [1.82, 2.24) is 9.55 Å². The maximum atomic E-state index is 9.52. The molecule has 9 rings (SSSR count). The van der Waals surface area contributed by atoms with Crippen molar-refractivity contribution in [2.45, 2.75) is 19.3 Å². The Morgan fingerprint density at radius 2 is 1.30 bits per heavy atom. The van der Waals surface area contributed by atoms with Crippen molar-refractivity contribution in [3.05, 3.63) is 138 Å². The van der Waals surface area contributed by atoms with Gasteiger partial charge in [-0.15, -0.1) is 0 Å². The van der Waals surface area contributed by atoms with Crippen LogP contribution in [0.4, 0.5) is 17.1 Å². The zero-order valence-corrected chi connectivity index (χ0v) is 24.2. The zero-order chi connectivity index (χ0) is 29.6. The van der Waals surface area contributed by atoms with E-state index >= 15 is 0 Å². The highest BCUT2D eigenvalue weighted by Crippen LogP contribution is 2.52. The highest BCUT2D eigenvalue weighted by atomic mass is 16.3. The fourth-order valence-corrected chi connectivity index (χ4v) is 7.19. The SMILES string of the molecule is CC1(C)c2ccccc2N(c2ccc3c(c2)oc2cc(-n4c5ccncc5c5cc(C#N)ccc54)ccc23)c2ccccc21. The summed E-state index contributed by atoms with van der Waals surface area (Å²) in [7, 11) is 0. The van der Waals surface area contributed by atoms with E-state index in [2.05, 4.69) is 119 Å². The predicted octanol–water partition coefficient (Wildman–Crippen LogP) is 10.1. The minimum absolute atomic E-state index is 0.109. The minimum atomic E-state index is -0.109. The molecule has 0 amide bonds. The third-order valence-electron chi connectivity index (χ3n) is 9.29. The number of para-hydroxylation sites is 2. The van der Waals surface area contributed by atoms with Gasteiger partial charge in [0.15, 0.2) is 0 Å². The Bertz CT molecular complexity index is 2460. The number of furan rings is 1. The maximum absolute atomic E-state index is 9.52. The van der Waals surface area contributed by atoms with E-state index < -0.39 is 0 Å². The minimum Gasteiger partial charge on any atom is -0.456 e. The predicted molar refractivity (Wildman–Crippen MR) is 177 cm³/mol. The van der Waals surface area contributed by atoms with Gasteiger partial charge in [0.1, 0.15) is 11.2 Å². The molecule has 1 aliphatic rings. The van der Waals surface area contributed by atoms with Crippen LogP contribution in [0.1, 0.15) is 30.5 Å². The molecule has 0 bridgehead atoms. The average Bonchev–Trinajstić information content (AvgIpc) is 3.59. The second-order valence-electron chi connectivity index (χ2n) is 12.0. The van der Waals surface area contributed by atoms with E-state index in [9.17, 15) is 5.26 Å². The highest BCUT2D eigenvalue weighted by Gasteiger charge is 2.36. The molecule has 4 heterocycles. The summed E-state index contributed by atoms with van der Waals surface area (Å²) in [6.45, 7) is 4.61. The number of hydrogen-bond donors (Lipinski definition) is 0. The number of fused-ring (bicyclic) bond motifs is 8. The van der Waals surface area contributed by atoms with E-state index in [1.54, 1.807) is 0 Å². The molecular formula is C39H26N4O. The monoisotopic (exact) mass is 566 g/mol. The number of hydrogen-bond acceptors (Lipinski definition) is 4. The second-order valence-corrected chi connectivity index (χ2v) is 12.0. The van der Waals surface area contributed by atoms with Crippen LogP contribution >= 0.6 is 0 Å². The molecule has 44 heavy (non-hydrogen) atoms. The van der Waals surface area contributed by atoms with E-state index in [4.69, 9.17) is 4.42 Å². The smallest absolute Gasteiger partial charge is 0.137 e. The van der Waals surface area contributed by atoms with Crippen LogP contribution in [0.25, 0.3) is 49.4 Å². The largest absolute Gasteiger partial charge is 0.456 e. The summed E-state index contributed by atoms with van der Waals surface area (Å²) in [6, 6.07) is 40.4. The van der Waals surface area contributed by atoms with Gasteiger partial charge >= 0.3 is 0 Å². The lowest BCUT2D eigenvalue weighted by atomic mass is 9.73. The Morgan fingerprint density at radius 3 is 2.00 bits per heavy atom. The molecule has 0 radical (unpaired) electrons. The summed E-state index contributed by atoms with van der Waals surface area (Å²) < 4.78 is 8.82. The Labute approximate surface area is 253 Å². The van der Waals surface area contributed by atoms with Gasteiger partial charge < -0.3 is 13.9 Å². The van der Waals surface area contributed by atoms with Crippen molar-refractivity contribution in [1.29, 1.82) is 5.26 Å². The Hall–Kier alpha value is -5.86. The van der Waals surface area contributed by atoms with Crippen molar-refractivity contribution >= 4 is 60.8 Å². The normalized spacial score (nSPS) is 13.8. The van der Waals surface area contributed by atoms with Crippen molar-refractivity contribution in [2.75, 3.05) is 4.90 Å². The topological polar surface area (TPSA) is 58.0 Å². The van der Waals surface area contributed by atoms with Gasteiger partial charge in [0.2, 0.25) is 0 Å². The van der Waals surface area contributed by atoms with Crippen LogP contribution in [0.5, 0.6) is 0 Å². The lowest BCUT2D eigenvalue weighted by Gasteiger charge is -2.41. The molecule has 1 aliphatic heterocycles. The van der Waals surface area contributed by atoms with Gasteiger partial charge in [0, 0.05) is 62.9 Å². The van der Waals surface area contributed by atoms with Gasteiger partial charge in [-0.1, -0.05) is 50.2 Å². The Balaban J connectivity index is 1.22. The fourth-order valence-electron chi connectivity index (χ4n) is 7.19. The quantitative estimate of drug-likeness (QED) is 0.209. The van der Waals surface area contributed by atoms with Crippen molar-refractivity contribution in [2.24, 2.45) is 0 Å². The molecule has 0 aliphatic carbocycles. The Kier molecular flexibility index (Phi) is 4.96. The van der Waals surface area contributed by atoms with Gasteiger partial charge in [-0.05, 0) is 71.8 Å². The number of nitriles is 1. The van der Waals surface area contributed by atoms with Crippen molar-refractivity contribution in [3.8, 4) is 11.8 Å². The van der Waals surface area contributed by atoms with Crippen LogP contribution < -0.4 is 4.90 Å². The number of aromatic nitrogens is 2. The number of anilines is 3. The summed E-state index contributed by atoms with van der Waals surface area (Å²) in [5.74, 6) is 0. The molecule has 0 saturated heterocycles. The van der Waals surface area contributed by atoms with E-state index in [1.807, 2.05) is 36.7 Å². The van der Waals surface area contributed by atoms with Crippen LogP contribution in [-0.2, 0) is 5.41 Å². The van der Waals surface area contributed by atoms with Crippen LogP contribution in [0.15, 0.2) is 126 Å². The fraction of sp³-hybridized carbons (Fsp3) is 0.0769. The molecule has 208 valence electrons. The maximum Gasteiger partial charge on any atom is 0.137 e. The lowest BCUT2D eigenvalue weighted by Crippen LogP contribution is -2.30. The van der Waals surface area contributed by atoms with Crippen LogP contribution in [0, 0.1) is 11.3 Å². The summed E-state index contributed by atoms with van der Waals surface area (Å²) in [5, 5.41) is 13.7. The van der Waals surface area contributed by atoms with Gasteiger partial charge in [-0.2, -0.15) is 5.26 Å². The molecule has 8 aromatic rings. The average molecular weight is 567 g/mol. The van der Waals surface area contributed by atoms with E-state index in [1.165, 1.54) is 22.5 Å². The molecular weight excluding hydrogens is 540 g/mol. The van der Waals surface area contributed by atoms with E-state index in [-0.39, 0.29) is 5.41 Å². The van der Waals surface area contributed by atoms with E-state index in [0.29, 0.717) is 5.56 Å². The molecule has 0 unspecified atom stereocenters. The first kappa shape index (κ1) is 24.7. The standard InChI is InChI=1S/C39H26N4O/c1-39(2)31-7-3-5-9-35(31)43(36-10-6-4-8-32(36)39)26-13-15-28-27-14-12-25(20-37(27)44-38(28)21-26)42-33-16-11-24(22-40)19-29(33)30-23-41-18-17-34(30)42/h3-21,23H,1-2H3. The summed E-state index contributed by atoms with van der Waals surface area (Å²) >= 11 is 0. The highest BCUT2D eigenvalue weighted by molar-refractivity contribution is 6.10. The molecule has 5 aromatic carbocycles. The third kappa shape index (κ3) is 3.31. The molecule has 0 saturated carbocycles. The second kappa shape index (κ2) is 8.82. The van der Waals surface area contributed by atoms with Gasteiger partial charge in [-0.3, -0.25) is 4.98 Å². The first-order valence-corrected chi connectivity index (χ1v) is 14.8. The van der Waals surface area contributed by atoms with Crippen LogP contribution in [0.3, 0.4) is 0 Å². The first-order valence-electron chi connectivity index (χ1n) is 14.8. The molecule has 0 N–H and O–H groups in total. The molecule has 5 heteroatoms. The van der Waals surface area contributed by atoms with Gasteiger partial charge in [0.05, 0.1) is 34.0 Å². The van der Waals surface area contributed by atoms with Gasteiger partial charge in [-0.25, -0.2) is 0 Å². The van der Waals surface area contributed by atoms with Crippen molar-refractivity contribution in [3.63, 3.8) is 0 Å². The summed E-state index contributed by atoms with van der Waals surface area (Å²) in [5.41, 5.74) is 11.3. The third-order valence-corrected chi connectivity index (χ3v) is 9.29. The van der Waals surface area contributed by atoms with E-state index in [0.717, 1.165) is 55.1 Å². The van der Waals surface area contributed by atoms with Gasteiger partial charge in [0.25, 0.3) is 0 Å². The summed E-state index contributed by atoms with van der Waals surface area (Å²) in [6.07, 6.45) is 3.68. The molecule has 0 fully saturated rings. The van der Waals surface area contributed by atoms with Crippen LogP contribution in [0.2, 0.25) is 0 Å². The molecule has 3 aromatic heterocycles. The molecule has 5 nitrogen and oxygen atoms in total. The molecule has 0 atom stereocenters. The Morgan fingerprint density at radius 1 is 0.659 bits per heavy atom. The first-order chi connectivity index (χ1) is 21.5. The lowest BCUT2D eigenvalue weighted by molar-refractivity contribution is 0.632. The number of pyridine rings is 1. The van der Waals surface area contributed by atoms with Crippen LogP contribution in [-0.4, -0.2) is 9.55 Å². The number of benzene rings is 5. The number of nitrogens with zero attached hydrogens (tertiary/aromatic N) is 4. The zero-order valence-electron chi connectivity index (χ0n) is 24.2.